The quantitative estimate of drug-likeness (QED) is 0.522. The van der Waals surface area contributed by atoms with Gasteiger partial charge in [0.05, 0.1) is 23.3 Å². The first-order valence-electron chi connectivity index (χ1n) is 6.70. The zero-order valence-corrected chi connectivity index (χ0v) is 13.9. The maximum absolute atomic E-state index is 11.1. The Bertz CT molecular complexity index is 906. The Morgan fingerprint density at radius 3 is 2.52 bits per heavy atom. The summed E-state index contributed by atoms with van der Waals surface area (Å²) in [7, 11) is 1.57. The summed E-state index contributed by atoms with van der Waals surface area (Å²) in [6.07, 6.45) is 0. The molecule has 0 saturated heterocycles. The van der Waals surface area contributed by atoms with E-state index in [2.05, 4.69) is 5.10 Å². The summed E-state index contributed by atoms with van der Waals surface area (Å²) in [5, 5.41) is 5.94. The molecule has 5 nitrogen and oxygen atoms in total. The first-order chi connectivity index (χ1) is 11.0. The van der Waals surface area contributed by atoms with Gasteiger partial charge in [0.15, 0.2) is 0 Å². The highest BCUT2D eigenvalue weighted by Gasteiger charge is 2.15. The number of hydrogen-bond acceptors (Lipinski definition) is 4. The molecular formula is C16H12Cl2N2O3. The number of carbonyl (C=O) groups is 1. The molecule has 23 heavy (non-hydrogen) atoms. The SMILES string of the molecule is COc1ccc(-n2nc3ccc(OC(C)=O)cc3c2Cl)c(Cl)c1. The third kappa shape index (κ3) is 2.98. The lowest BCUT2D eigenvalue weighted by Crippen LogP contribution is -2.00. The van der Waals surface area contributed by atoms with E-state index in [4.69, 9.17) is 32.7 Å². The van der Waals surface area contributed by atoms with Crippen molar-refractivity contribution in [2.45, 2.75) is 6.92 Å². The topological polar surface area (TPSA) is 53.4 Å². The van der Waals surface area contributed by atoms with Crippen molar-refractivity contribution >= 4 is 40.1 Å². The molecule has 7 heteroatoms. The van der Waals surface area contributed by atoms with E-state index in [9.17, 15) is 4.79 Å². The highest BCUT2D eigenvalue weighted by Crippen LogP contribution is 2.33. The maximum Gasteiger partial charge on any atom is 0.308 e. The molecule has 0 fully saturated rings. The van der Waals surface area contributed by atoms with Gasteiger partial charge in [-0.2, -0.15) is 5.10 Å². The fourth-order valence-corrected chi connectivity index (χ4v) is 2.74. The van der Waals surface area contributed by atoms with E-state index in [1.54, 1.807) is 43.5 Å². The van der Waals surface area contributed by atoms with Crippen LogP contribution < -0.4 is 9.47 Å². The third-order valence-electron chi connectivity index (χ3n) is 3.23. The van der Waals surface area contributed by atoms with Gasteiger partial charge >= 0.3 is 5.97 Å². The summed E-state index contributed by atoms with van der Waals surface area (Å²) in [6, 6.07) is 10.3. The lowest BCUT2D eigenvalue weighted by Gasteiger charge is -2.07. The van der Waals surface area contributed by atoms with Crippen LogP contribution in [0.5, 0.6) is 11.5 Å². The van der Waals surface area contributed by atoms with Crippen LogP contribution in [0.2, 0.25) is 10.2 Å². The summed E-state index contributed by atoms with van der Waals surface area (Å²) in [6.45, 7) is 1.34. The first kappa shape index (κ1) is 15.6. The molecule has 3 aromatic rings. The van der Waals surface area contributed by atoms with Crippen molar-refractivity contribution in [3.63, 3.8) is 0 Å². The molecule has 0 saturated carbocycles. The van der Waals surface area contributed by atoms with E-state index in [0.717, 1.165) is 0 Å². The average Bonchev–Trinajstić information content (AvgIpc) is 2.83. The molecule has 0 unspecified atom stereocenters. The van der Waals surface area contributed by atoms with Gasteiger partial charge in [0.1, 0.15) is 16.7 Å². The molecule has 0 amide bonds. The normalized spacial score (nSPS) is 10.8. The van der Waals surface area contributed by atoms with Crippen molar-refractivity contribution in [3.8, 4) is 17.2 Å². The lowest BCUT2D eigenvalue weighted by atomic mass is 10.2. The van der Waals surface area contributed by atoms with E-state index >= 15 is 0 Å². The van der Waals surface area contributed by atoms with Crippen LogP contribution in [-0.4, -0.2) is 22.9 Å². The van der Waals surface area contributed by atoms with Crippen LogP contribution in [0.3, 0.4) is 0 Å². The Hall–Kier alpha value is -2.24. The van der Waals surface area contributed by atoms with Crippen molar-refractivity contribution < 1.29 is 14.3 Å². The van der Waals surface area contributed by atoms with E-state index in [1.165, 1.54) is 11.6 Å². The number of fused-ring (bicyclic) bond motifs is 1. The van der Waals surface area contributed by atoms with Crippen molar-refractivity contribution in [1.82, 2.24) is 9.78 Å². The van der Waals surface area contributed by atoms with Gasteiger partial charge in [0, 0.05) is 18.4 Å². The molecule has 0 atom stereocenters. The van der Waals surface area contributed by atoms with Gasteiger partial charge < -0.3 is 9.47 Å². The summed E-state index contributed by atoms with van der Waals surface area (Å²) >= 11 is 12.7. The van der Waals surface area contributed by atoms with Gasteiger partial charge in [-0.15, -0.1) is 0 Å². The molecule has 3 rings (SSSR count). The van der Waals surface area contributed by atoms with Crippen LogP contribution in [0, 0.1) is 0 Å². The van der Waals surface area contributed by atoms with E-state index in [0.29, 0.717) is 38.3 Å². The van der Waals surface area contributed by atoms with Crippen molar-refractivity contribution in [2.24, 2.45) is 0 Å². The van der Waals surface area contributed by atoms with Gasteiger partial charge in [-0.05, 0) is 30.3 Å². The second kappa shape index (κ2) is 6.10. The average molecular weight is 351 g/mol. The highest BCUT2D eigenvalue weighted by molar-refractivity contribution is 6.35. The summed E-state index contributed by atoms with van der Waals surface area (Å²) in [5.74, 6) is 0.655. The van der Waals surface area contributed by atoms with E-state index < -0.39 is 5.97 Å². The van der Waals surface area contributed by atoms with Crippen molar-refractivity contribution in [3.05, 3.63) is 46.6 Å². The number of nitrogens with zero attached hydrogens (tertiary/aromatic N) is 2. The number of aromatic nitrogens is 2. The molecule has 0 N–H and O–H groups in total. The molecule has 2 aromatic carbocycles. The third-order valence-corrected chi connectivity index (χ3v) is 3.90. The number of carbonyl (C=O) groups excluding carboxylic acids is 1. The van der Waals surface area contributed by atoms with Gasteiger partial charge in [0.25, 0.3) is 0 Å². The zero-order chi connectivity index (χ0) is 16.6. The molecule has 0 aliphatic carbocycles. The van der Waals surface area contributed by atoms with Gasteiger partial charge in [0.2, 0.25) is 0 Å². The fraction of sp³-hybridized carbons (Fsp3) is 0.125. The molecule has 1 heterocycles. The molecule has 0 spiro atoms. The van der Waals surface area contributed by atoms with Crippen LogP contribution in [0.25, 0.3) is 16.6 Å². The van der Waals surface area contributed by atoms with Gasteiger partial charge in [-0.3, -0.25) is 4.79 Å². The van der Waals surface area contributed by atoms with Crippen LogP contribution in [0.15, 0.2) is 36.4 Å². The first-order valence-corrected chi connectivity index (χ1v) is 7.46. The molecule has 0 bridgehead atoms. The second-order valence-electron chi connectivity index (χ2n) is 4.79. The van der Waals surface area contributed by atoms with Crippen molar-refractivity contribution in [1.29, 1.82) is 0 Å². The smallest absolute Gasteiger partial charge is 0.308 e. The fourth-order valence-electron chi connectivity index (χ4n) is 2.21. The number of hydrogen-bond donors (Lipinski definition) is 0. The number of esters is 1. The predicted molar refractivity (Wildman–Crippen MR) is 89.0 cm³/mol. The van der Waals surface area contributed by atoms with E-state index in [-0.39, 0.29) is 0 Å². The Morgan fingerprint density at radius 2 is 1.87 bits per heavy atom. The number of ether oxygens (including phenoxy) is 2. The van der Waals surface area contributed by atoms with Crippen LogP contribution in [0.1, 0.15) is 6.92 Å². The van der Waals surface area contributed by atoms with Crippen LogP contribution >= 0.6 is 23.2 Å². The molecule has 118 valence electrons. The minimum atomic E-state index is -0.397. The Kier molecular flexibility index (Phi) is 4.15. The van der Waals surface area contributed by atoms with Gasteiger partial charge in [-0.25, -0.2) is 4.68 Å². The molecular weight excluding hydrogens is 339 g/mol. The predicted octanol–water partition coefficient (Wildman–Crippen LogP) is 4.27. The minimum absolute atomic E-state index is 0.376. The number of benzene rings is 2. The molecule has 0 radical (unpaired) electrons. The highest BCUT2D eigenvalue weighted by atomic mass is 35.5. The van der Waals surface area contributed by atoms with Gasteiger partial charge in [-0.1, -0.05) is 23.2 Å². The number of halogens is 2. The molecule has 0 aliphatic heterocycles. The maximum atomic E-state index is 11.1. The number of methoxy groups -OCH3 is 1. The largest absolute Gasteiger partial charge is 0.497 e. The van der Waals surface area contributed by atoms with E-state index in [1.807, 2.05) is 0 Å². The second-order valence-corrected chi connectivity index (χ2v) is 5.56. The number of rotatable bonds is 3. The monoisotopic (exact) mass is 350 g/mol. The summed E-state index contributed by atoms with van der Waals surface area (Å²) in [5.41, 5.74) is 1.29. The Labute approximate surface area is 142 Å². The minimum Gasteiger partial charge on any atom is -0.497 e. The molecule has 0 aliphatic rings. The lowest BCUT2D eigenvalue weighted by molar-refractivity contribution is -0.131. The Balaban J connectivity index is 2.12. The van der Waals surface area contributed by atoms with Crippen LogP contribution in [-0.2, 0) is 4.79 Å². The standard InChI is InChI=1S/C16H12Cl2N2O3/c1-9(21)23-11-3-5-14-12(7-11)16(18)20(19-14)15-6-4-10(22-2)8-13(15)17/h3-8H,1-2H3. The summed E-state index contributed by atoms with van der Waals surface area (Å²) in [4.78, 5) is 11.1. The zero-order valence-electron chi connectivity index (χ0n) is 12.3. The van der Waals surface area contributed by atoms with Crippen LogP contribution in [0.4, 0.5) is 0 Å². The molecule has 1 aromatic heterocycles. The van der Waals surface area contributed by atoms with Crippen molar-refractivity contribution in [2.75, 3.05) is 7.11 Å². The summed E-state index contributed by atoms with van der Waals surface area (Å²) < 4.78 is 11.7. The Morgan fingerprint density at radius 1 is 1.13 bits per heavy atom.